The molecule has 1 aromatic heterocycles. The van der Waals surface area contributed by atoms with E-state index in [-0.39, 0.29) is 6.04 Å². The van der Waals surface area contributed by atoms with Gasteiger partial charge >= 0.3 is 6.09 Å². The Morgan fingerprint density at radius 3 is 2.58 bits per heavy atom. The molecule has 0 aliphatic carbocycles. The van der Waals surface area contributed by atoms with Crippen molar-refractivity contribution < 1.29 is 9.53 Å². The minimum atomic E-state index is -0.454. The molecule has 0 aliphatic heterocycles. The van der Waals surface area contributed by atoms with Crippen molar-refractivity contribution in [1.82, 2.24) is 10.3 Å². The van der Waals surface area contributed by atoms with Gasteiger partial charge in [0, 0.05) is 4.88 Å². The smallest absolute Gasteiger partial charge is 0.410 e. The van der Waals surface area contributed by atoms with Crippen molar-refractivity contribution in [2.45, 2.75) is 26.8 Å². The number of nitrogens with zero attached hydrogens (tertiary/aromatic N) is 1. The molecule has 1 heterocycles. The molecular formula is C14H16N2O2S. The van der Waals surface area contributed by atoms with Gasteiger partial charge in [-0.1, -0.05) is 18.2 Å². The van der Waals surface area contributed by atoms with Crippen LogP contribution in [0.4, 0.5) is 4.79 Å². The molecule has 0 saturated heterocycles. The Balaban J connectivity index is 1.97. The van der Waals surface area contributed by atoms with E-state index in [1.54, 1.807) is 23.5 Å². The topological polar surface area (TPSA) is 51.2 Å². The number of amides is 1. The maximum atomic E-state index is 11.8. The van der Waals surface area contributed by atoms with E-state index < -0.39 is 6.09 Å². The van der Waals surface area contributed by atoms with Crippen molar-refractivity contribution in [2.75, 3.05) is 0 Å². The maximum absolute atomic E-state index is 11.8. The second kappa shape index (κ2) is 5.84. The van der Waals surface area contributed by atoms with E-state index in [2.05, 4.69) is 10.3 Å². The average molecular weight is 276 g/mol. The number of rotatable bonds is 3. The van der Waals surface area contributed by atoms with Gasteiger partial charge in [-0.2, -0.15) is 0 Å². The van der Waals surface area contributed by atoms with E-state index in [9.17, 15) is 4.79 Å². The third-order valence-corrected chi connectivity index (χ3v) is 3.88. The Kier molecular flexibility index (Phi) is 4.16. The summed E-state index contributed by atoms with van der Waals surface area (Å²) in [5.74, 6) is 0.532. The number of carbonyl (C=O) groups excluding carboxylic acids is 1. The molecule has 0 radical (unpaired) electrons. The minimum absolute atomic E-state index is 0.109. The molecule has 2 rings (SSSR count). The summed E-state index contributed by atoms with van der Waals surface area (Å²) in [5, 5.41) is 3.81. The predicted molar refractivity (Wildman–Crippen MR) is 75.6 cm³/mol. The van der Waals surface area contributed by atoms with Crippen molar-refractivity contribution in [3.63, 3.8) is 0 Å². The lowest BCUT2D eigenvalue weighted by Gasteiger charge is -2.12. The zero-order chi connectivity index (χ0) is 13.8. The molecule has 0 aliphatic rings. The predicted octanol–water partition coefficient (Wildman–Crippen LogP) is 3.61. The van der Waals surface area contributed by atoms with Gasteiger partial charge in [-0.3, -0.25) is 0 Å². The summed E-state index contributed by atoms with van der Waals surface area (Å²) in [5.41, 5.74) is 0.954. The van der Waals surface area contributed by atoms with Crippen molar-refractivity contribution in [1.29, 1.82) is 0 Å². The lowest BCUT2D eigenvalue weighted by molar-refractivity contribution is 0.197. The first-order valence-corrected chi connectivity index (χ1v) is 6.85. The standard InChI is InChI=1S/C14H16N2O2S/c1-9-13(19-11(3)15-9)10(2)16-14(17)18-12-7-5-4-6-8-12/h4-8,10H,1-3H3,(H,16,17). The zero-order valence-electron chi connectivity index (χ0n) is 11.1. The number of hydrogen-bond acceptors (Lipinski definition) is 4. The first-order chi connectivity index (χ1) is 9.06. The number of para-hydroxylation sites is 1. The van der Waals surface area contributed by atoms with Crippen LogP contribution in [0, 0.1) is 13.8 Å². The van der Waals surface area contributed by atoms with Crippen LogP contribution in [0.1, 0.15) is 28.5 Å². The first-order valence-electron chi connectivity index (χ1n) is 6.03. The Morgan fingerprint density at radius 2 is 2.00 bits per heavy atom. The molecule has 5 heteroatoms. The van der Waals surface area contributed by atoms with Crippen LogP contribution in [0.3, 0.4) is 0 Å². The van der Waals surface area contributed by atoms with E-state index in [0.29, 0.717) is 5.75 Å². The molecule has 1 N–H and O–H groups in total. The van der Waals surface area contributed by atoms with Crippen LogP contribution in [0.25, 0.3) is 0 Å². The number of carbonyl (C=O) groups is 1. The van der Waals surface area contributed by atoms with Gasteiger partial charge in [-0.15, -0.1) is 11.3 Å². The van der Waals surface area contributed by atoms with Crippen LogP contribution in [-0.4, -0.2) is 11.1 Å². The lowest BCUT2D eigenvalue weighted by atomic mass is 10.2. The fourth-order valence-corrected chi connectivity index (χ4v) is 2.75. The summed E-state index contributed by atoms with van der Waals surface area (Å²) in [4.78, 5) is 17.2. The largest absolute Gasteiger partial charge is 0.413 e. The third-order valence-electron chi connectivity index (χ3n) is 2.62. The van der Waals surface area contributed by atoms with Gasteiger partial charge in [0.2, 0.25) is 0 Å². The highest BCUT2D eigenvalue weighted by Crippen LogP contribution is 2.24. The van der Waals surface area contributed by atoms with Crippen LogP contribution in [0.5, 0.6) is 5.75 Å². The summed E-state index contributed by atoms with van der Waals surface area (Å²) >= 11 is 1.59. The van der Waals surface area contributed by atoms with Crippen molar-refractivity contribution in [3.05, 3.63) is 45.9 Å². The second-order valence-corrected chi connectivity index (χ2v) is 5.49. The number of hydrogen-bond donors (Lipinski definition) is 1. The molecule has 2 aromatic rings. The number of thiazole rings is 1. The average Bonchev–Trinajstić information content (AvgIpc) is 2.69. The summed E-state index contributed by atoms with van der Waals surface area (Å²) in [6.45, 7) is 5.82. The molecule has 19 heavy (non-hydrogen) atoms. The SMILES string of the molecule is Cc1nc(C)c(C(C)NC(=O)Oc2ccccc2)s1. The third kappa shape index (κ3) is 3.54. The van der Waals surface area contributed by atoms with Crippen molar-refractivity contribution in [3.8, 4) is 5.75 Å². The Morgan fingerprint density at radius 1 is 1.32 bits per heavy atom. The molecule has 0 saturated carbocycles. The van der Waals surface area contributed by atoms with Crippen molar-refractivity contribution >= 4 is 17.4 Å². The Hall–Kier alpha value is -1.88. The van der Waals surface area contributed by atoms with Crippen LogP contribution in [0.2, 0.25) is 0 Å². The van der Waals surface area contributed by atoms with Gasteiger partial charge in [0.25, 0.3) is 0 Å². The summed E-state index contributed by atoms with van der Waals surface area (Å²) in [7, 11) is 0. The molecule has 0 spiro atoms. The molecule has 0 bridgehead atoms. The normalized spacial score (nSPS) is 11.9. The highest BCUT2D eigenvalue weighted by Gasteiger charge is 2.16. The fraction of sp³-hybridized carbons (Fsp3) is 0.286. The van der Waals surface area contributed by atoms with Crippen LogP contribution >= 0.6 is 11.3 Å². The summed E-state index contributed by atoms with van der Waals surface area (Å²) in [6, 6.07) is 8.89. The van der Waals surface area contributed by atoms with Crippen molar-refractivity contribution in [2.24, 2.45) is 0 Å². The van der Waals surface area contributed by atoms with Gasteiger partial charge in [-0.05, 0) is 32.9 Å². The molecule has 100 valence electrons. The quantitative estimate of drug-likeness (QED) is 0.931. The Bertz CT molecular complexity index is 566. The Labute approximate surface area is 116 Å². The van der Waals surface area contributed by atoms with Gasteiger partial charge in [0.05, 0.1) is 16.7 Å². The van der Waals surface area contributed by atoms with Gasteiger partial charge in [-0.25, -0.2) is 9.78 Å². The van der Waals surface area contributed by atoms with Crippen LogP contribution < -0.4 is 10.1 Å². The van der Waals surface area contributed by atoms with E-state index in [4.69, 9.17) is 4.74 Å². The molecule has 1 aromatic carbocycles. The highest BCUT2D eigenvalue weighted by atomic mass is 32.1. The zero-order valence-corrected chi connectivity index (χ0v) is 12.0. The molecule has 0 fully saturated rings. The molecule has 1 unspecified atom stereocenters. The van der Waals surface area contributed by atoms with E-state index in [1.807, 2.05) is 39.0 Å². The maximum Gasteiger partial charge on any atom is 0.413 e. The van der Waals surface area contributed by atoms with E-state index >= 15 is 0 Å². The van der Waals surface area contributed by atoms with Crippen LogP contribution in [-0.2, 0) is 0 Å². The van der Waals surface area contributed by atoms with E-state index in [0.717, 1.165) is 15.6 Å². The number of aromatic nitrogens is 1. The van der Waals surface area contributed by atoms with E-state index in [1.165, 1.54) is 0 Å². The van der Waals surface area contributed by atoms with Gasteiger partial charge < -0.3 is 10.1 Å². The summed E-state index contributed by atoms with van der Waals surface area (Å²) in [6.07, 6.45) is -0.454. The number of aryl methyl sites for hydroxylation is 2. The number of ether oxygens (including phenoxy) is 1. The van der Waals surface area contributed by atoms with Gasteiger partial charge in [0.1, 0.15) is 5.75 Å². The number of nitrogens with one attached hydrogen (secondary N) is 1. The summed E-state index contributed by atoms with van der Waals surface area (Å²) < 4.78 is 5.19. The number of benzene rings is 1. The molecular weight excluding hydrogens is 260 g/mol. The monoisotopic (exact) mass is 276 g/mol. The molecule has 1 atom stereocenters. The van der Waals surface area contributed by atoms with Crippen LogP contribution in [0.15, 0.2) is 30.3 Å². The highest BCUT2D eigenvalue weighted by molar-refractivity contribution is 7.11. The minimum Gasteiger partial charge on any atom is -0.410 e. The fourth-order valence-electron chi connectivity index (χ4n) is 1.82. The molecule has 4 nitrogen and oxygen atoms in total. The second-order valence-electron chi connectivity index (χ2n) is 4.25. The lowest BCUT2D eigenvalue weighted by Crippen LogP contribution is -2.29. The molecule has 1 amide bonds. The van der Waals surface area contributed by atoms with Gasteiger partial charge in [0.15, 0.2) is 0 Å². The first kappa shape index (κ1) is 13.5.